The Morgan fingerprint density at radius 1 is 1.12 bits per heavy atom. The van der Waals surface area contributed by atoms with Crippen LogP contribution < -0.4 is 4.74 Å². The average Bonchev–Trinajstić information content (AvgIpc) is 3.11. The molecule has 0 radical (unpaired) electrons. The molecule has 0 unspecified atom stereocenters. The molecule has 1 saturated heterocycles. The normalized spacial score (nSPS) is 19.9. The molecule has 1 aromatic rings. The molecule has 0 N–H and O–H groups in total. The molecule has 1 aliphatic heterocycles. The van der Waals surface area contributed by atoms with Gasteiger partial charge in [0.25, 0.3) is 0 Å². The van der Waals surface area contributed by atoms with Gasteiger partial charge in [0, 0.05) is 44.2 Å². The second-order valence-corrected chi connectivity index (χ2v) is 7.36. The minimum atomic E-state index is 0.187. The number of nitrogens with zero attached hydrogens (tertiary/aromatic N) is 2. The molecule has 1 aliphatic carbocycles. The van der Waals surface area contributed by atoms with E-state index in [0.29, 0.717) is 11.8 Å². The number of carbonyl (C=O) groups is 1. The van der Waals surface area contributed by atoms with Crippen molar-refractivity contribution in [2.75, 3.05) is 26.2 Å². The van der Waals surface area contributed by atoms with Crippen molar-refractivity contribution in [3.8, 4) is 5.75 Å². The van der Waals surface area contributed by atoms with Crippen LogP contribution in [0.2, 0.25) is 0 Å². The van der Waals surface area contributed by atoms with Crippen molar-refractivity contribution in [1.29, 1.82) is 0 Å². The number of hydrogen-bond acceptors (Lipinski definition) is 3. The summed E-state index contributed by atoms with van der Waals surface area (Å²) in [6, 6.07) is 8.30. The van der Waals surface area contributed by atoms with Gasteiger partial charge in [-0.25, -0.2) is 0 Å². The lowest BCUT2D eigenvalue weighted by Gasteiger charge is -2.36. The molecule has 1 heterocycles. The quantitative estimate of drug-likeness (QED) is 0.830. The summed E-state index contributed by atoms with van der Waals surface area (Å²) in [6.45, 7) is 8.65. The van der Waals surface area contributed by atoms with E-state index in [2.05, 4.69) is 41.8 Å². The van der Waals surface area contributed by atoms with Gasteiger partial charge in [0.05, 0.1) is 6.10 Å². The molecular formula is C20H30N2O2. The van der Waals surface area contributed by atoms with E-state index >= 15 is 0 Å². The maximum absolute atomic E-state index is 12.5. The van der Waals surface area contributed by atoms with Gasteiger partial charge in [-0.2, -0.15) is 0 Å². The molecule has 0 atom stereocenters. The van der Waals surface area contributed by atoms with E-state index in [1.165, 1.54) is 18.4 Å². The number of piperazine rings is 1. The van der Waals surface area contributed by atoms with Crippen molar-refractivity contribution in [3.63, 3.8) is 0 Å². The van der Waals surface area contributed by atoms with Crippen LogP contribution in [0.3, 0.4) is 0 Å². The van der Waals surface area contributed by atoms with Crippen LogP contribution >= 0.6 is 0 Å². The number of amides is 1. The van der Waals surface area contributed by atoms with Gasteiger partial charge in [-0.15, -0.1) is 0 Å². The lowest BCUT2D eigenvalue weighted by Crippen LogP contribution is -2.49. The van der Waals surface area contributed by atoms with Crippen LogP contribution in [-0.4, -0.2) is 48.0 Å². The summed E-state index contributed by atoms with van der Waals surface area (Å²) < 4.78 is 5.92. The smallest absolute Gasteiger partial charge is 0.225 e. The summed E-state index contributed by atoms with van der Waals surface area (Å²) in [5.41, 5.74) is 1.24. The zero-order chi connectivity index (χ0) is 16.9. The molecule has 4 nitrogen and oxygen atoms in total. The molecule has 1 saturated carbocycles. The van der Waals surface area contributed by atoms with Gasteiger partial charge in [0.2, 0.25) is 5.91 Å². The zero-order valence-corrected chi connectivity index (χ0v) is 15.0. The van der Waals surface area contributed by atoms with Crippen molar-refractivity contribution >= 4 is 5.91 Å². The molecular weight excluding hydrogens is 300 g/mol. The maximum atomic E-state index is 12.5. The molecule has 2 fully saturated rings. The van der Waals surface area contributed by atoms with E-state index in [-0.39, 0.29) is 6.10 Å². The fourth-order valence-electron chi connectivity index (χ4n) is 3.80. The molecule has 132 valence electrons. The molecule has 1 aromatic carbocycles. The van der Waals surface area contributed by atoms with E-state index in [4.69, 9.17) is 4.74 Å². The summed E-state index contributed by atoms with van der Waals surface area (Å²) in [5.74, 6) is 1.68. The van der Waals surface area contributed by atoms with Crippen molar-refractivity contribution < 1.29 is 9.53 Å². The highest BCUT2D eigenvalue weighted by atomic mass is 16.5. The Balaban J connectivity index is 1.53. The summed E-state index contributed by atoms with van der Waals surface area (Å²) >= 11 is 0. The maximum Gasteiger partial charge on any atom is 0.225 e. The van der Waals surface area contributed by atoms with E-state index < -0.39 is 0 Å². The average molecular weight is 330 g/mol. The van der Waals surface area contributed by atoms with Gasteiger partial charge in [-0.3, -0.25) is 9.69 Å². The number of benzene rings is 1. The van der Waals surface area contributed by atoms with Crippen molar-refractivity contribution in [2.45, 2.75) is 52.2 Å². The second-order valence-electron chi connectivity index (χ2n) is 7.36. The predicted molar refractivity (Wildman–Crippen MR) is 96.0 cm³/mol. The van der Waals surface area contributed by atoms with Crippen LogP contribution in [0, 0.1) is 5.92 Å². The number of ether oxygens (including phenoxy) is 1. The van der Waals surface area contributed by atoms with Gasteiger partial charge < -0.3 is 9.64 Å². The van der Waals surface area contributed by atoms with Crippen LogP contribution in [0.25, 0.3) is 0 Å². The van der Waals surface area contributed by atoms with Crippen molar-refractivity contribution in [1.82, 2.24) is 9.80 Å². The second kappa shape index (κ2) is 8.02. The molecule has 3 rings (SSSR count). The largest absolute Gasteiger partial charge is 0.491 e. The SMILES string of the molecule is CC(C)Oc1ccccc1CN1CCN(C(=O)C2CCCC2)CC1. The van der Waals surface area contributed by atoms with Gasteiger partial charge in [-0.05, 0) is 32.8 Å². The zero-order valence-electron chi connectivity index (χ0n) is 15.0. The van der Waals surface area contributed by atoms with Gasteiger partial charge >= 0.3 is 0 Å². The Hall–Kier alpha value is -1.55. The fourth-order valence-corrected chi connectivity index (χ4v) is 3.80. The Labute approximate surface area is 145 Å². The summed E-state index contributed by atoms with van der Waals surface area (Å²) in [6.07, 6.45) is 4.83. The van der Waals surface area contributed by atoms with Crippen LogP contribution in [0.1, 0.15) is 45.1 Å². The van der Waals surface area contributed by atoms with E-state index in [0.717, 1.165) is 51.3 Å². The predicted octanol–water partition coefficient (Wildman–Crippen LogP) is 3.31. The standard InChI is InChI=1S/C20H30N2O2/c1-16(2)24-19-10-6-5-9-18(19)15-21-11-13-22(14-12-21)20(23)17-7-3-4-8-17/h5-6,9-10,16-17H,3-4,7-8,11-15H2,1-2H3. The van der Waals surface area contributed by atoms with Crippen molar-refractivity contribution in [2.24, 2.45) is 5.92 Å². The van der Waals surface area contributed by atoms with Crippen LogP contribution in [0.4, 0.5) is 0 Å². The molecule has 0 bridgehead atoms. The Bertz CT molecular complexity index is 544. The minimum absolute atomic E-state index is 0.187. The third kappa shape index (κ3) is 4.29. The fraction of sp³-hybridized carbons (Fsp3) is 0.650. The third-order valence-electron chi connectivity index (χ3n) is 5.12. The monoisotopic (exact) mass is 330 g/mol. The van der Waals surface area contributed by atoms with E-state index in [1.54, 1.807) is 0 Å². The highest BCUT2D eigenvalue weighted by molar-refractivity contribution is 5.79. The summed E-state index contributed by atoms with van der Waals surface area (Å²) in [4.78, 5) is 17.0. The number of carbonyl (C=O) groups excluding carboxylic acids is 1. The van der Waals surface area contributed by atoms with Crippen LogP contribution in [-0.2, 0) is 11.3 Å². The first-order chi connectivity index (χ1) is 11.6. The molecule has 1 amide bonds. The number of hydrogen-bond donors (Lipinski definition) is 0. The first kappa shape index (κ1) is 17.3. The number of rotatable bonds is 5. The van der Waals surface area contributed by atoms with E-state index in [9.17, 15) is 4.79 Å². The lowest BCUT2D eigenvalue weighted by atomic mass is 10.1. The minimum Gasteiger partial charge on any atom is -0.491 e. The molecule has 4 heteroatoms. The first-order valence-electron chi connectivity index (χ1n) is 9.39. The Morgan fingerprint density at radius 2 is 1.79 bits per heavy atom. The Kier molecular flexibility index (Phi) is 5.77. The summed E-state index contributed by atoms with van der Waals surface area (Å²) in [5, 5.41) is 0. The highest BCUT2D eigenvalue weighted by Crippen LogP contribution is 2.27. The van der Waals surface area contributed by atoms with Gasteiger partial charge in [-0.1, -0.05) is 31.0 Å². The molecule has 24 heavy (non-hydrogen) atoms. The van der Waals surface area contributed by atoms with Crippen LogP contribution in [0.15, 0.2) is 24.3 Å². The van der Waals surface area contributed by atoms with Gasteiger partial charge in [0.15, 0.2) is 0 Å². The Morgan fingerprint density at radius 3 is 2.46 bits per heavy atom. The summed E-state index contributed by atoms with van der Waals surface area (Å²) in [7, 11) is 0. The number of para-hydroxylation sites is 1. The van der Waals surface area contributed by atoms with Crippen molar-refractivity contribution in [3.05, 3.63) is 29.8 Å². The first-order valence-corrected chi connectivity index (χ1v) is 9.39. The van der Waals surface area contributed by atoms with Crippen LogP contribution in [0.5, 0.6) is 5.75 Å². The molecule has 0 aromatic heterocycles. The third-order valence-corrected chi connectivity index (χ3v) is 5.12. The molecule has 0 spiro atoms. The highest BCUT2D eigenvalue weighted by Gasteiger charge is 2.29. The van der Waals surface area contributed by atoms with E-state index in [1.807, 2.05) is 6.07 Å². The topological polar surface area (TPSA) is 32.8 Å². The molecule has 2 aliphatic rings. The lowest BCUT2D eigenvalue weighted by molar-refractivity contribution is -0.137. The van der Waals surface area contributed by atoms with Gasteiger partial charge in [0.1, 0.15) is 5.75 Å².